The highest BCUT2D eigenvalue weighted by Gasteiger charge is 2.32. The maximum Gasteiger partial charge on any atom is 0.163 e. The zero-order valence-corrected chi connectivity index (χ0v) is 9.42. The Hall–Kier alpha value is -1.35. The van der Waals surface area contributed by atoms with E-state index < -0.39 is 11.4 Å². The lowest BCUT2D eigenvalue weighted by molar-refractivity contribution is -0.122. The standard InChI is InChI=1S/C12H10ClFO2/c1-12(7-9(15)4-5-16-12)8-2-3-11(14)10(13)6-8/h2-6H,7H2,1H3. The highest BCUT2D eigenvalue weighted by molar-refractivity contribution is 6.30. The minimum Gasteiger partial charge on any atom is -0.490 e. The smallest absolute Gasteiger partial charge is 0.163 e. The van der Waals surface area contributed by atoms with Crippen molar-refractivity contribution in [1.29, 1.82) is 0 Å². The first kappa shape index (κ1) is 11.1. The van der Waals surface area contributed by atoms with Crippen LogP contribution in [0.3, 0.4) is 0 Å². The highest BCUT2D eigenvalue weighted by Crippen LogP contribution is 2.34. The molecule has 1 aromatic carbocycles. The third-order valence-corrected chi connectivity index (χ3v) is 2.91. The summed E-state index contributed by atoms with van der Waals surface area (Å²) in [4.78, 5) is 11.3. The summed E-state index contributed by atoms with van der Waals surface area (Å²) in [7, 11) is 0. The molecular formula is C12H10ClFO2. The number of benzene rings is 1. The fraction of sp³-hybridized carbons (Fsp3) is 0.250. The van der Waals surface area contributed by atoms with Crippen LogP contribution in [0, 0.1) is 5.82 Å². The Bertz CT molecular complexity index is 470. The Morgan fingerprint density at radius 1 is 1.50 bits per heavy atom. The van der Waals surface area contributed by atoms with Crippen molar-refractivity contribution in [3.8, 4) is 0 Å². The van der Waals surface area contributed by atoms with Crippen LogP contribution < -0.4 is 0 Å². The molecule has 0 aromatic heterocycles. The van der Waals surface area contributed by atoms with Crippen molar-refractivity contribution < 1.29 is 13.9 Å². The van der Waals surface area contributed by atoms with Crippen molar-refractivity contribution in [2.24, 2.45) is 0 Å². The van der Waals surface area contributed by atoms with E-state index in [0.717, 1.165) is 0 Å². The lowest BCUT2D eigenvalue weighted by Gasteiger charge is -2.31. The van der Waals surface area contributed by atoms with Crippen molar-refractivity contribution in [2.75, 3.05) is 0 Å². The molecule has 1 aliphatic heterocycles. The molecule has 0 saturated carbocycles. The number of hydrogen-bond acceptors (Lipinski definition) is 2. The van der Waals surface area contributed by atoms with Crippen LogP contribution >= 0.6 is 11.6 Å². The summed E-state index contributed by atoms with van der Waals surface area (Å²) in [6, 6.07) is 4.34. The van der Waals surface area contributed by atoms with Crippen molar-refractivity contribution in [3.63, 3.8) is 0 Å². The number of ketones is 1. The summed E-state index contributed by atoms with van der Waals surface area (Å²) in [6.07, 6.45) is 2.97. The zero-order valence-electron chi connectivity index (χ0n) is 8.67. The molecule has 0 fully saturated rings. The average Bonchev–Trinajstić information content (AvgIpc) is 2.21. The number of carbonyl (C=O) groups excluding carboxylic acids is 1. The quantitative estimate of drug-likeness (QED) is 0.754. The molecule has 0 spiro atoms. The van der Waals surface area contributed by atoms with E-state index >= 15 is 0 Å². The van der Waals surface area contributed by atoms with Crippen LogP contribution in [0.25, 0.3) is 0 Å². The van der Waals surface area contributed by atoms with Gasteiger partial charge in [-0.15, -0.1) is 0 Å². The van der Waals surface area contributed by atoms with Gasteiger partial charge in [-0.2, -0.15) is 0 Å². The zero-order chi connectivity index (χ0) is 11.8. The molecule has 0 saturated heterocycles. The van der Waals surface area contributed by atoms with Gasteiger partial charge < -0.3 is 4.74 Å². The van der Waals surface area contributed by atoms with Crippen LogP contribution in [-0.4, -0.2) is 5.78 Å². The third kappa shape index (κ3) is 1.95. The first-order valence-electron chi connectivity index (χ1n) is 4.84. The minimum absolute atomic E-state index is 0.0193. The fourth-order valence-electron chi connectivity index (χ4n) is 1.69. The van der Waals surface area contributed by atoms with Crippen LogP contribution in [0.15, 0.2) is 30.5 Å². The Morgan fingerprint density at radius 3 is 2.88 bits per heavy atom. The molecule has 16 heavy (non-hydrogen) atoms. The average molecular weight is 241 g/mol. The summed E-state index contributed by atoms with van der Waals surface area (Å²) in [6.45, 7) is 1.78. The minimum atomic E-state index is -0.761. The molecule has 1 atom stereocenters. The molecule has 2 rings (SSSR count). The largest absolute Gasteiger partial charge is 0.490 e. The second kappa shape index (κ2) is 3.91. The van der Waals surface area contributed by atoms with E-state index in [1.807, 2.05) is 0 Å². The number of halogens is 2. The van der Waals surface area contributed by atoms with Gasteiger partial charge in [-0.05, 0) is 24.6 Å². The van der Waals surface area contributed by atoms with Crippen molar-refractivity contribution in [2.45, 2.75) is 18.9 Å². The molecule has 0 radical (unpaired) electrons. The Morgan fingerprint density at radius 2 is 2.25 bits per heavy atom. The Balaban J connectivity index is 2.39. The molecule has 1 aromatic rings. The van der Waals surface area contributed by atoms with Crippen LogP contribution in [0.2, 0.25) is 5.02 Å². The van der Waals surface area contributed by atoms with Gasteiger partial charge in [0.1, 0.15) is 11.4 Å². The maximum absolute atomic E-state index is 13.0. The molecule has 0 amide bonds. The third-order valence-electron chi connectivity index (χ3n) is 2.62. The first-order valence-corrected chi connectivity index (χ1v) is 5.22. The monoisotopic (exact) mass is 240 g/mol. The van der Waals surface area contributed by atoms with Crippen LogP contribution in [0.4, 0.5) is 4.39 Å². The molecule has 0 bridgehead atoms. The van der Waals surface area contributed by atoms with E-state index in [1.54, 1.807) is 13.0 Å². The van der Waals surface area contributed by atoms with E-state index in [2.05, 4.69) is 0 Å². The topological polar surface area (TPSA) is 26.3 Å². The van der Waals surface area contributed by atoms with Gasteiger partial charge in [0.05, 0.1) is 17.7 Å². The SMILES string of the molecule is CC1(c2ccc(F)c(Cl)c2)CC(=O)C=CO1. The van der Waals surface area contributed by atoms with Gasteiger partial charge in [-0.3, -0.25) is 4.79 Å². The number of rotatable bonds is 1. The van der Waals surface area contributed by atoms with Crippen LogP contribution in [0.5, 0.6) is 0 Å². The highest BCUT2D eigenvalue weighted by atomic mass is 35.5. The number of ether oxygens (including phenoxy) is 1. The van der Waals surface area contributed by atoms with Gasteiger partial charge >= 0.3 is 0 Å². The molecule has 84 valence electrons. The Labute approximate surface area is 97.7 Å². The number of allylic oxidation sites excluding steroid dienone is 1. The molecule has 4 heteroatoms. The van der Waals surface area contributed by atoms with Crippen molar-refractivity contribution >= 4 is 17.4 Å². The van der Waals surface area contributed by atoms with Gasteiger partial charge in [-0.1, -0.05) is 17.7 Å². The molecule has 0 aliphatic carbocycles. The Kier molecular flexibility index (Phi) is 2.72. The summed E-state index contributed by atoms with van der Waals surface area (Å²) in [5.74, 6) is -0.499. The summed E-state index contributed by atoms with van der Waals surface area (Å²) in [5.41, 5.74) is -0.0694. The molecule has 1 heterocycles. The summed E-state index contributed by atoms with van der Waals surface area (Å²) in [5, 5.41) is 0.0318. The molecular weight excluding hydrogens is 231 g/mol. The molecule has 1 aliphatic rings. The summed E-state index contributed by atoms with van der Waals surface area (Å²) < 4.78 is 18.4. The van der Waals surface area contributed by atoms with Gasteiger partial charge in [-0.25, -0.2) is 4.39 Å². The number of carbonyl (C=O) groups is 1. The molecule has 1 unspecified atom stereocenters. The predicted octanol–water partition coefficient (Wildman–Crippen LogP) is 3.20. The van der Waals surface area contributed by atoms with E-state index in [4.69, 9.17) is 16.3 Å². The fourth-order valence-corrected chi connectivity index (χ4v) is 1.87. The lowest BCUT2D eigenvalue weighted by Crippen LogP contribution is -2.29. The van der Waals surface area contributed by atoms with Crippen LogP contribution in [0.1, 0.15) is 18.9 Å². The van der Waals surface area contributed by atoms with E-state index in [1.165, 1.54) is 24.5 Å². The van der Waals surface area contributed by atoms with Crippen molar-refractivity contribution in [1.82, 2.24) is 0 Å². The van der Waals surface area contributed by atoms with Gasteiger partial charge in [0, 0.05) is 6.08 Å². The van der Waals surface area contributed by atoms with Crippen LogP contribution in [-0.2, 0) is 15.1 Å². The normalized spacial score (nSPS) is 24.3. The number of hydrogen-bond donors (Lipinski definition) is 0. The molecule has 2 nitrogen and oxygen atoms in total. The maximum atomic E-state index is 13.0. The van der Waals surface area contributed by atoms with E-state index in [-0.39, 0.29) is 17.2 Å². The predicted molar refractivity (Wildman–Crippen MR) is 58.6 cm³/mol. The van der Waals surface area contributed by atoms with Gasteiger partial charge in [0.2, 0.25) is 0 Å². The van der Waals surface area contributed by atoms with E-state index in [9.17, 15) is 9.18 Å². The second-order valence-corrected chi connectivity index (χ2v) is 4.33. The molecule has 0 N–H and O–H groups in total. The van der Waals surface area contributed by atoms with E-state index in [0.29, 0.717) is 5.56 Å². The summed E-state index contributed by atoms with van der Waals surface area (Å²) >= 11 is 5.70. The first-order chi connectivity index (χ1) is 7.51. The van der Waals surface area contributed by atoms with Gasteiger partial charge in [0.15, 0.2) is 5.78 Å². The van der Waals surface area contributed by atoms with Crippen molar-refractivity contribution in [3.05, 3.63) is 46.9 Å². The van der Waals surface area contributed by atoms with Gasteiger partial charge in [0.25, 0.3) is 0 Å². The lowest BCUT2D eigenvalue weighted by atomic mass is 9.89. The second-order valence-electron chi connectivity index (χ2n) is 3.92.